The van der Waals surface area contributed by atoms with Gasteiger partial charge < -0.3 is 9.84 Å². The molecule has 13 heavy (non-hydrogen) atoms. The van der Waals surface area contributed by atoms with Crippen LogP contribution in [-0.4, -0.2) is 10.1 Å². The van der Waals surface area contributed by atoms with Gasteiger partial charge in [-0.2, -0.15) is 0 Å². The molecule has 0 spiro atoms. The van der Waals surface area contributed by atoms with Gasteiger partial charge in [-0.15, -0.1) is 11.3 Å². The van der Waals surface area contributed by atoms with E-state index in [4.69, 9.17) is 0 Å². The van der Waals surface area contributed by atoms with Crippen molar-refractivity contribution in [2.45, 2.75) is 6.54 Å². The average molecular weight is 260 g/mol. The molecule has 0 radical (unpaired) electrons. The molecule has 0 fully saturated rings. The molecule has 0 aromatic carbocycles. The summed E-state index contributed by atoms with van der Waals surface area (Å²) in [5, 5.41) is 7.80. The minimum Gasteiger partial charge on any atom is -0.363 e. The summed E-state index contributed by atoms with van der Waals surface area (Å²) >= 11 is 4.94. The summed E-state index contributed by atoms with van der Waals surface area (Å²) < 4.78 is 5.70. The van der Waals surface area contributed by atoms with Crippen LogP contribution in [0, 0.1) is 0 Å². The average Bonchev–Trinajstić information content (AvgIpc) is 2.71. The van der Waals surface area contributed by atoms with E-state index in [0.29, 0.717) is 6.54 Å². The van der Waals surface area contributed by atoms with Gasteiger partial charge in [-0.3, -0.25) is 0 Å². The van der Waals surface area contributed by atoms with E-state index in [2.05, 4.69) is 35.9 Å². The number of aromatic nitrogens is 2. The molecule has 0 saturated carbocycles. The van der Waals surface area contributed by atoms with Gasteiger partial charge >= 0.3 is 0 Å². The molecule has 4 nitrogen and oxygen atoms in total. The lowest BCUT2D eigenvalue weighted by atomic mass is 10.6. The predicted octanol–water partition coefficient (Wildman–Crippen LogP) is 2.51. The quantitative estimate of drug-likeness (QED) is 0.921. The Kier molecular flexibility index (Phi) is 2.60. The standard InChI is InChI=1S/C7H6BrN3OS/c8-5-3-10-7(13-5)4-9-6-1-2-12-11-6/h1-3H,4H2,(H,9,11). The van der Waals surface area contributed by atoms with Crippen LogP contribution in [0.25, 0.3) is 0 Å². The van der Waals surface area contributed by atoms with Crippen LogP contribution in [0.3, 0.4) is 0 Å². The van der Waals surface area contributed by atoms with Gasteiger partial charge in [0.05, 0.1) is 16.5 Å². The van der Waals surface area contributed by atoms with Crippen molar-refractivity contribution in [1.29, 1.82) is 0 Å². The zero-order chi connectivity index (χ0) is 9.10. The third kappa shape index (κ3) is 2.28. The SMILES string of the molecule is Brc1cnc(CNc2ccon2)s1. The van der Waals surface area contributed by atoms with Gasteiger partial charge in [-0.05, 0) is 15.9 Å². The molecular weight excluding hydrogens is 254 g/mol. The van der Waals surface area contributed by atoms with E-state index in [1.165, 1.54) is 6.26 Å². The molecule has 0 atom stereocenters. The molecule has 2 heterocycles. The number of hydrogen-bond donors (Lipinski definition) is 1. The highest BCUT2D eigenvalue weighted by atomic mass is 79.9. The zero-order valence-electron chi connectivity index (χ0n) is 6.53. The summed E-state index contributed by atoms with van der Waals surface area (Å²) in [5.74, 6) is 0.728. The molecule has 2 aromatic rings. The molecular formula is C7H6BrN3OS. The van der Waals surface area contributed by atoms with Gasteiger partial charge in [-0.25, -0.2) is 4.98 Å². The second-order valence-electron chi connectivity index (χ2n) is 2.30. The Bertz CT molecular complexity index is 373. The van der Waals surface area contributed by atoms with Gasteiger partial charge in [0.1, 0.15) is 11.3 Å². The molecule has 2 rings (SSSR count). The smallest absolute Gasteiger partial charge is 0.169 e. The fourth-order valence-corrected chi connectivity index (χ4v) is 2.08. The van der Waals surface area contributed by atoms with Crippen molar-refractivity contribution < 1.29 is 4.52 Å². The van der Waals surface area contributed by atoms with E-state index in [0.717, 1.165) is 14.6 Å². The first-order valence-electron chi connectivity index (χ1n) is 3.59. The Morgan fingerprint density at radius 2 is 2.54 bits per heavy atom. The van der Waals surface area contributed by atoms with Crippen LogP contribution >= 0.6 is 27.3 Å². The summed E-state index contributed by atoms with van der Waals surface area (Å²) in [6, 6.07) is 1.77. The number of nitrogens with zero attached hydrogens (tertiary/aromatic N) is 2. The Balaban J connectivity index is 1.93. The van der Waals surface area contributed by atoms with Crippen LogP contribution in [0.2, 0.25) is 0 Å². The lowest BCUT2D eigenvalue weighted by molar-refractivity contribution is 0.422. The second-order valence-corrected chi connectivity index (χ2v) is 4.79. The third-order valence-corrected chi connectivity index (χ3v) is 2.86. The number of rotatable bonds is 3. The van der Waals surface area contributed by atoms with Crippen molar-refractivity contribution >= 4 is 33.1 Å². The molecule has 0 aliphatic heterocycles. The van der Waals surface area contributed by atoms with Gasteiger partial charge in [-0.1, -0.05) is 5.16 Å². The Morgan fingerprint density at radius 1 is 1.62 bits per heavy atom. The van der Waals surface area contributed by atoms with Gasteiger partial charge in [0.2, 0.25) is 0 Å². The minimum absolute atomic E-state index is 0.669. The fraction of sp³-hybridized carbons (Fsp3) is 0.143. The third-order valence-electron chi connectivity index (χ3n) is 1.38. The van der Waals surface area contributed by atoms with Crippen molar-refractivity contribution in [3.8, 4) is 0 Å². The molecule has 68 valence electrons. The Morgan fingerprint density at radius 3 is 3.15 bits per heavy atom. The highest BCUT2D eigenvalue weighted by Gasteiger charge is 2.00. The topological polar surface area (TPSA) is 51.0 Å². The first-order valence-corrected chi connectivity index (χ1v) is 5.20. The Hall–Kier alpha value is -0.880. The molecule has 0 unspecified atom stereocenters. The normalized spacial score (nSPS) is 10.2. The van der Waals surface area contributed by atoms with Crippen molar-refractivity contribution in [3.63, 3.8) is 0 Å². The molecule has 2 aromatic heterocycles. The summed E-state index contributed by atoms with van der Waals surface area (Å²) in [6.45, 7) is 0.669. The minimum atomic E-state index is 0.669. The number of nitrogens with one attached hydrogen (secondary N) is 1. The molecule has 6 heteroatoms. The summed E-state index contributed by atoms with van der Waals surface area (Å²) in [6.07, 6.45) is 3.31. The maximum atomic E-state index is 4.67. The van der Waals surface area contributed by atoms with Crippen LogP contribution < -0.4 is 5.32 Å². The van der Waals surface area contributed by atoms with Crippen LogP contribution in [0.5, 0.6) is 0 Å². The summed E-state index contributed by atoms with van der Waals surface area (Å²) in [5.41, 5.74) is 0. The van der Waals surface area contributed by atoms with E-state index in [-0.39, 0.29) is 0 Å². The van der Waals surface area contributed by atoms with Crippen molar-refractivity contribution in [2.24, 2.45) is 0 Å². The van der Waals surface area contributed by atoms with Crippen LogP contribution in [0.4, 0.5) is 5.82 Å². The van der Waals surface area contributed by atoms with Gasteiger partial charge in [0.15, 0.2) is 5.82 Å². The monoisotopic (exact) mass is 259 g/mol. The second kappa shape index (κ2) is 3.89. The van der Waals surface area contributed by atoms with E-state index in [1.54, 1.807) is 23.6 Å². The van der Waals surface area contributed by atoms with Crippen molar-refractivity contribution in [1.82, 2.24) is 10.1 Å². The molecule has 0 bridgehead atoms. The molecule has 0 amide bonds. The number of anilines is 1. The predicted molar refractivity (Wildman–Crippen MR) is 53.6 cm³/mol. The first kappa shape index (κ1) is 8.71. The van der Waals surface area contributed by atoms with E-state index in [9.17, 15) is 0 Å². The highest BCUT2D eigenvalue weighted by Crippen LogP contribution is 2.19. The number of hydrogen-bond acceptors (Lipinski definition) is 5. The zero-order valence-corrected chi connectivity index (χ0v) is 8.93. The van der Waals surface area contributed by atoms with Crippen molar-refractivity contribution in [2.75, 3.05) is 5.32 Å². The van der Waals surface area contributed by atoms with Crippen molar-refractivity contribution in [3.05, 3.63) is 27.3 Å². The fourth-order valence-electron chi connectivity index (χ4n) is 0.840. The number of halogens is 1. The number of thiazole rings is 1. The van der Waals surface area contributed by atoms with Gasteiger partial charge in [0.25, 0.3) is 0 Å². The summed E-state index contributed by atoms with van der Waals surface area (Å²) in [7, 11) is 0. The maximum Gasteiger partial charge on any atom is 0.169 e. The molecule has 0 aliphatic rings. The van der Waals surface area contributed by atoms with E-state index < -0.39 is 0 Å². The lowest BCUT2D eigenvalue weighted by Gasteiger charge is -1.96. The Labute approximate surface area is 87.1 Å². The highest BCUT2D eigenvalue weighted by molar-refractivity contribution is 9.11. The van der Waals surface area contributed by atoms with Gasteiger partial charge in [0, 0.05) is 6.07 Å². The van der Waals surface area contributed by atoms with E-state index >= 15 is 0 Å². The molecule has 0 aliphatic carbocycles. The largest absolute Gasteiger partial charge is 0.363 e. The van der Waals surface area contributed by atoms with Crippen LogP contribution in [0.15, 0.2) is 26.8 Å². The molecule has 1 N–H and O–H groups in total. The van der Waals surface area contributed by atoms with Crippen LogP contribution in [0.1, 0.15) is 5.01 Å². The molecule has 0 saturated heterocycles. The first-order chi connectivity index (χ1) is 6.34. The van der Waals surface area contributed by atoms with E-state index in [1.807, 2.05) is 0 Å². The van der Waals surface area contributed by atoms with Crippen LogP contribution in [-0.2, 0) is 6.54 Å². The lowest BCUT2D eigenvalue weighted by Crippen LogP contribution is -1.98. The summed E-state index contributed by atoms with van der Waals surface area (Å²) in [4.78, 5) is 4.17. The maximum absolute atomic E-state index is 4.67.